The van der Waals surface area contributed by atoms with Crippen molar-refractivity contribution in [2.45, 2.75) is 27.7 Å². The topological polar surface area (TPSA) is 29.1 Å². The van der Waals surface area contributed by atoms with Crippen molar-refractivity contribution in [3.8, 4) is 0 Å². The van der Waals surface area contributed by atoms with Gasteiger partial charge in [-0.3, -0.25) is 4.79 Å². The van der Waals surface area contributed by atoms with E-state index in [2.05, 4.69) is 33.0 Å². The fourth-order valence-electron chi connectivity index (χ4n) is 2.11. The van der Waals surface area contributed by atoms with Gasteiger partial charge in [0.25, 0.3) is 0 Å². The first-order chi connectivity index (χ1) is 5.84. The van der Waals surface area contributed by atoms with Crippen molar-refractivity contribution >= 4 is 17.5 Å². The maximum absolute atomic E-state index is 10.9. The molecule has 0 spiro atoms. The van der Waals surface area contributed by atoms with Gasteiger partial charge in [0.05, 0.1) is 0 Å². The van der Waals surface area contributed by atoms with Gasteiger partial charge in [-0.15, -0.1) is 11.6 Å². The van der Waals surface area contributed by atoms with E-state index in [1.807, 2.05) is 0 Å². The lowest BCUT2D eigenvalue weighted by Gasteiger charge is -2.04. The van der Waals surface area contributed by atoms with Crippen LogP contribution in [0.3, 0.4) is 0 Å². The Labute approximate surface area is 85.0 Å². The Morgan fingerprint density at radius 3 is 2.08 bits per heavy atom. The van der Waals surface area contributed by atoms with Crippen molar-refractivity contribution in [1.82, 2.24) is 5.32 Å². The molecule has 2 nitrogen and oxygen atoms in total. The van der Waals surface area contributed by atoms with Crippen LogP contribution in [-0.2, 0) is 4.79 Å². The third-order valence-corrected chi connectivity index (χ3v) is 4.19. The molecule has 0 atom stereocenters. The molecule has 0 aliphatic heterocycles. The molecule has 1 fully saturated rings. The molecule has 0 heterocycles. The van der Waals surface area contributed by atoms with E-state index in [1.165, 1.54) is 0 Å². The number of nitrogens with one attached hydrogen (secondary N) is 1. The van der Waals surface area contributed by atoms with E-state index in [1.54, 1.807) is 0 Å². The van der Waals surface area contributed by atoms with Crippen LogP contribution in [0.25, 0.3) is 0 Å². The SMILES string of the molecule is CC1(C)C(CNC(=O)CCl)C1(C)C. The Hall–Kier alpha value is -0.240. The van der Waals surface area contributed by atoms with Crippen LogP contribution in [0.1, 0.15) is 27.7 Å². The molecule has 0 aromatic rings. The molecule has 0 saturated heterocycles. The van der Waals surface area contributed by atoms with Crippen molar-refractivity contribution in [1.29, 1.82) is 0 Å². The highest BCUT2D eigenvalue weighted by atomic mass is 35.5. The Balaban J connectivity index is 2.38. The second-order valence-electron chi connectivity index (χ2n) is 4.93. The van der Waals surface area contributed by atoms with Gasteiger partial charge in [0, 0.05) is 6.54 Å². The first kappa shape index (κ1) is 10.8. The number of amides is 1. The zero-order valence-corrected chi connectivity index (χ0v) is 9.53. The molecule has 3 heteroatoms. The molecule has 1 aliphatic rings. The minimum Gasteiger partial charge on any atom is -0.355 e. The summed E-state index contributed by atoms with van der Waals surface area (Å²) in [5.41, 5.74) is 0.680. The molecule has 1 amide bonds. The highest BCUT2D eigenvalue weighted by Gasteiger charge is 2.64. The lowest BCUT2D eigenvalue weighted by molar-refractivity contribution is -0.118. The van der Waals surface area contributed by atoms with Crippen LogP contribution >= 0.6 is 11.6 Å². The van der Waals surface area contributed by atoms with Gasteiger partial charge in [-0.05, 0) is 16.7 Å². The average molecular weight is 204 g/mol. The van der Waals surface area contributed by atoms with Crippen LogP contribution in [0.15, 0.2) is 0 Å². The Kier molecular flexibility index (Phi) is 2.63. The molecule has 0 radical (unpaired) electrons. The minimum atomic E-state index is -0.0693. The number of carbonyl (C=O) groups is 1. The summed E-state index contributed by atoms with van der Waals surface area (Å²) in [4.78, 5) is 10.9. The second kappa shape index (κ2) is 3.16. The van der Waals surface area contributed by atoms with Gasteiger partial charge in [-0.1, -0.05) is 27.7 Å². The smallest absolute Gasteiger partial charge is 0.234 e. The molecule has 0 aromatic carbocycles. The van der Waals surface area contributed by atoms with E-state index in [0.29, 0.717) is 16.7 Å². The van der Waals surface area contributed by atoms with E-state index in [4.69, 9.17) is 11.6 Å². The van der Waals surface area contributed by atoms with Crippen molar-refractivity contribution in [2.24, 2.45) is 16.7 Å². The summed E-state index contributed by atoms with van der Waals surface area (Å²) in [6.07, 6.45) is 0. The molecule has 0 aromatic heterocycles. The summed E-state index contributed by atoms with van der Waals surface area (Å²) in [5, 5.41) is 2.83. The molecule has 0 unspecified atom stereocenters. The van der Waals surface area contributed by atoms with E-state index in [0.717, 1.165) is 6.54 Å². The van der Waals surface area contributed by atoms with Gasteiger partial charge < -0.3 is 5.32 Å². The molecule has 13 heavy (non-hydrogen) atoms. The molecule has 76 valence electrons. The molecule has 1 N–H and O–H groups in total. The number of hydrogen-bond donors (Lipinski definition) is 1. The molecule has 1 aliphatic carbocycles. The Bertz CT molecular complexity index is 209. The van der Waals surface area contributed by atoms with Crippen molar-refractivity contribution in [3.63, 3.8) is 0 Å². The summed E-state index contributed by atoms with van der Waals surface area (Å²) in [6.45, 7) is 9.72. The zero-order valence-electron chi connectivity index (χ0n) is 8.78. The predicted octanol–water partition coefficient (Wildman–Crippen LogP) is 2.02. The fraction of sp³-hybridized carbons (Fsp3) is 0.900. The number of carbonyl (C=O) groups excluding carboxylic acids is 1. The van der Waals surface area contributed by atoms with Crippen LogP contribution in [0, 0.1) is 16.7 Å². The molecule has 0 bridgehead atoms. The number of rotatable bonds is 3. The molecular formula is C10H18ClNO. The van der Waals surface area contributed by atoms with Crippen LogP contribution < -0.4 is 5.32 Å². The van der Waals surface area contributed by atoms with E-state index >= 15 is 0 Å². The Morgan fingerprint density at radius 2 is 1.77 bits per heavy atom. The second-order valence-corrected chi connectivity index (χ2v) is 5.20. The third-order valence-electron chi connectivity index (χ3n) is 3.94. The summed E-state index contributed by atoms with van der Waals surface area (Å²) < 4.78 is 0. The summed E-state index contributed by atoms with van der Waals surface area (Å²) >= 11 is 5.39. The normalized spacial score (nSPS) is 24.1. The van der Waals surface area contributed by atoms with Gasteiger partial charge in [-0.25, -0.2) is 0 Å². The monoisotopic (exact) mass is 203 g/mol. The highest BCUT2D eigenvalue weighted by Crippen LogP contribution is 2.67. The van der Waals surface area contributed by atoms with Crippen LogP contribution in [-0.4, -0.2) is 18.3 Å². The number of halogens is 1. The zero-order chi connectivity index (χ0) is 10.3. The molecule has 1 saturated carbocycles. The molecular weight excluding hydrogens is 186 g/mol. The van der Waals surface area contributed by atoms with Gasteiger partial charge in [0.2, 0.25) is 5.91 Å². The van der Waals surface area contributed by atoms with Crippen LogP contribution in [0.2, 0.25) is 0 Å². The fourth-order valence-corrected chi connectivity index (χ4v) is 2.20. The summed E-state index contributed by atoms with van der Waals surface area (Å²) in [5.74, 6) is 0.570. The standard InChI is InChI=1S/C10H18ClNO/c1-9(2)7(10(9,3)4)6-12-8(13)5-11/h7H,5-6H2,1-4H3,(H,12,13). The quantitative estimate of drug-likeness (QED) is 0.699. The van der Waals surface area contributed by atoms with Crippen LogP contribution in [0.5, 0.6) is 0 Å². The Morgan fingerprint density at radius 1 is 1.31 bits per heavy atom. The maximum Gasteiger partial charge on any atom is 0.234 e. The van der Waals surface area contributed by atoms with Gasteiger partial charge in [0.1, 0.15) is 5.88 Å². The number of hydrogen-bond acceptors (Lipinski definition) is 1. The number of alkyl halides is 1. The summed E-state index contributed by atoms with van der Waals surface area (Å²) in [6, 6.07) is 0. The van der Waals surface area contributed by atoms with Gasteiger partial charge in [-0.2, -0.15) is 0 Å². The summed E-state index contributed by atoms with van der Waals surface area (Å²) in [7, 11) is 0. The lowest BCUT2D eigenvalue weighted by atomic mass is 10.0. The van der Waals surface area contributed by atoms with Crippen molar-refractivity contribution < 1.29 is 4.79 Å². The van der Waals surface area contributed by atoms with Gasteiger partial charge in [0.15, 0.2) is 0 Å². The minimum absolute atomic E-state index is 0.0631. The molecule has 1 rings (SSSR count). The average Bonchev–Trinajstić information content (AvgIpc) is 2.40. The first-order valence-electron chi connectivity index (χ1n) is 4.66. The van der Waals surface area contributed by atoms with Crippen LogP contribution in [0.4, 0.5) is 0 Å². The maximum atomic E-state index is 10.9. The van der Waals surface area contributed by atoms with Crippen molar-refractivity contribution in [2.75, 3.05) is 12.4 Å². The van der Waals surface area contributed by atoms with E-state index in [-0.39, 0.29) is 11.8 Å². The van der Waals surface area contributed by atoms with E-state index < -0.39 is 0 Å². The first-order valence-corrected chi connectivity index (χ1v) is 5.20. The van der Waals surface area contributed by atoms with Gasteiger partial charge >= 0.3 is 0 Å². The highest BCUT2D eigenvalue weighted by molar-refractivity contribution is 6.27. The van der Waals surface area contributed by atoms with E-state index in [9.17, 15) is 4.79 Å². The largest absolute Gasteiger partial charge is 0.355 e. The van der Waals surface area contributed by atoms with Crippen molar-refractivity contribution in [3.05, 3.63) is 0 Å². The third kappa shape index (κ3) is 1.69. The predicted molar refractivity (Wildman–Crippen MR) is 54.8 cm³/mol. The lowest BCUT2D eigenvalue weighted by Crippen LogP contribution is -2.27.